The van der Waals surface area contributed by atoms with E-state index in [1.165, 1.54) is 86.7 Å². The predicted octanol–water partition coefficient (Wildman–Crippen LogP) is 22.5. The summed E-state index contributed by atoms with van der Waals surface area (Å²) in [4.78, 5) is 4.90. The lowest BCUT2D eigenvalue weighted by atomic mass is 9.96. The number of hydrogen-bond acceptors (Lipinski definition) is 2. The van der Waals surface area contributed by atoms with Gasteiger partial charge in [0.1, 0.15) is 0 Å². The van der Waals surface area contributed by atoms with Crippen LogP contribution in [-0.4, -0.2) is 13.7 Å². The first kappa shape index (κ1) is 48.8. The molecule has 0 radical (unpaired) electrons. The second kappa shape index (κ2) is 19.5. The molecule has 18 rings (SSSR count). The van der Waals surface area contributed by atoms with Crippen LogP contribution < -0.4 is 9.80 Å². The molecule has 0 unspecified atom stereocenters. The number of hydrogen-bond donors (Lipinski definition) is 0. The van der Waals surface area contributed by atoms with E-state index in [9.17, 15) is 0 Å². The Morgan fingerprint density at radius 2 is 0.494 bits per heavy atom. The van der Waals surface area contributed by atoms with Crippen molar-refractivity contribution in [1.82, 2.24) is 13.7 Å². The molecule has 0 fully saturated rings. The first-order valence-electron chi connectivity index (χ1n) is 29.9. The van der Waals surface area contributed by atoms with Crippen molar-refractivity contribution in [2.75, 3.05) is 9.80 Å². The summed E-state index contributed by atoms with van der Waals surface area (Å²) in [5.41, 5.74) is 16.8. The highest BCUT2D eigenvalue weighted by Crippen LogP contribution is 2.51. The van der Waals surface area contributed by atoms with Crippen molar-refractivity contribution in [1.29, 1.82) is 0 Å². The Hall–Kier alpha value is -11.7. The van der Waals surface area contributed by atoms with Crippen LogP contribution in [0.4, 0.5) is 34.1 Å². The molecule has 18 aromatic rings. The highest BCUT2D eigenvalue weighted by atomic mass is 15.2. The van der Waals surface area contributed by atoms with E-state index < -0.39 is 0 Å². The quantitative estimate of drug-likeness (QED) is 0.144. The molecule has 0 N–H and O–H groups in total. The minimum Gasteiger partial charge on any atom is -0.310 e. The summed E-state index contributed by atoms with van der Waals surface area (Å²) in [6.07, 6.45) is 0. The van der Waals surface area contributed by atoms with Crippen LogP contribution in [0.1, 0.15) is 0 Å². The summed E-state index contributed by atoms with van der Waals surface area (Å²) in [5.74, 6) is 0. The Morgan fingerprint density at radius 1 is 0.184 bits per heavy atom. The molecule has 0 amide bonds. The van der Waals surface area contributed by atoms with Crippen LogP contribution in [0.15, 0.2) is 322 Å². The summed E-state index contributed by atoms with van der Waals surface area (Å²) in [5, 5.41) is 17.2. The number of rotatable bonds is 9. The van der Waals surface area contributed by atoms with Crippen molar-refractivity contribution < 1.29 is 0 Å². The summed E-state index contributed by atoms with van der Waals surface area (Å²) in [6.45, 7) is 0. The van der Waals surface area contributed by atoms with Crippen molar-refractivity contribution in [3.63, 3.8) is 0 Å². The topological polar surface area (TPSA) is 21.3 Å². The minimum atomic E-state index is 1.06. The molecule has 0 bridgehead atoms. The SMILES string of the molecule is c1ccc(N(c2ccc(-n3c4ccccc4c4c5ccccc5ccc43)cc2)c2cc3c(c4ccccc24)c2c4ccccc4c(N(c4ccccc4)c4ccc(-n5c6ccccc6c6c7ccccc7ccc65)cc4)cc2n3-c2ccccc2)cc1. The minimum absolute atomic E-state index is 1.06. The largest absolute Gasteiger partial charge is 0.310 e. The molecule has 406 valence electrons. The van der Waals surface area contributed by atoms with Crippen LogP contribution in [-0.2, 0) is 0 Å². The van der Waals surface area contributed by atoms with Gasteiger partial charge in [-0.15, -0.1) is 0 Å². The van der Waals surface area contributed by atoms with Crippen molar-refractivity contribution >= 4 is 143 Å². The third kappa shape index (κ3) is 7.46. The van der Waals surface area contributed by atoms with E-state index in [2.05, 4.69) is 345 Å². The van der Waals surface area contributed by atoms with Crippen molar-refractivity contribution in [3.8, 4) is 17.1 Å². The highest BCUT2D eigenvalue weighted by Gasteiger charge is 2.27. The molecule has 5 heteroatoms. The lowest BCUT2D eigenvalue weighted by Gasteiger charge is -2.27. The number of fused-ring (bicyclic) bond motifs is 17. The monoisotopic (exact) mass is 1110 g/mol. The normalized spacial score (nSPS) is 11.9. The van der Waals surface area contributed by atoms with Crippen molar-refractivity contribution in [2.24, 2.45) is 0 Å². The van der Waals surface area contributed by atoms with E-state index in [4.69, 9.17) is 0 Å². The lowest BCUT2D eigenvalue weighted by molar-refractivity contribution is 1.17. The van der Waals surface area contributed by atoms with E-state index in [1.54, 1.807) is 0 Å². The van der Waals surface area contributed by atoms with Gasteiger partial charge in [-0.1, -0.05) is 200 Å². The van der Waals surface area contributed by atoms with Gasteiger partial charge in [0.05, 0.1) is 44.5 Å². The molecule has 15 aromatic carbocycles. The maximum absolute atomic E-state index is 2.51. The van der Waals surface area contributed by atoms with Crippen LogP contribution in [0.3, 0.4) is 0 Å². The third-order valence-electron chi connectivity index (χ3n) is 18.1. The second-order valence-corrected chi connectivity index (χ2v) is 22.8. The summed E-state index contributed by atoms with van der Waals surface area (Å²) < 4.78 is 7.36. The van der Waals surface area contributed by atoms with E-state index in [0.717, 1.165) is 73.0 Å². The summed E-state index contributed by atoms with van der Waals surface area (Å²) >= 11 is 0. The van der Waals surface area contributed by atoms with Gasteiger partial charge in [0.2, 0.25) is 0 Å². The number of para-hydroxylation sites is 5. The van der Waals surface area contributed by atoms with E-state index >= 15 is 0 Å². The zero-order valence-corrected chi connectivity index (χ0v) is 47.3. The number of anilines is 6. The van der Waals surface area contributed by atoms with Gasteiger partial charge in [0, 0.05) is 82.9 Å². The molecule has 0 saturated carbocycles. The first-order valence-corrected chi connectivity index (χ1v) is 29.9. The summed E-state index contributed by atoms with van der Waals surface area (Å²) in [6, 6.07) is 118. The van der Waals surface area contributed by atoms with Gasteiger partial charge in [-0.05, 0) is 154 Å². The van der Waals surface area contributed by atoms with Crippen LogP contribution >= 0.6 is 0 Å². The Bertz CT molecular complexity index is 5400. The Balaban J connectivity index is 0.851. The molecule has 87 heavy (non-hydrogen) atoms. The van der Waals surface area contributed by atoms with E-state index in [-0.39, 0.29) is 0 Å². The van der Waals surface area contributed by atoms with Gasteiger partial charge in [-0.2, -0.15) is 0 Å². The molecule has 0 atom stereocenters. The van der Waals surface area contributed by atoms with Crippen LogP contribution in [0.2, 0.25) is 0 Å². The van der Waals surface area contributed by atoms with Gasteiger partial charge < -0.3 is 23.5 Å². The smallest absolute Gasteiger partial charge is 0.0568 e. The Morgan fingerprint density at radius 3 is 0.920 bits per heavy atom. The molecule has 3 heterocycles. The highest BCUT2D eigenvalue weighted by molar-refractivity contribution is 6.32. The molecule has 0 aliphatic carbocycles. The molecular weight excluding hydrogens is 1050 g/mol. The fraction of sp³-hybridized carbons (Fsp3) is 0. The number of benzene rings is 15. The average Bonchev–Trinajstić information content (AvgIpc) is 1.64. The van der Waals surface area contributed by atoms with Crippen LogP contribution in [0, 0.1) is 0 Å². The standard InChI is InChI=1S/C82H53N5/c1-4-24-56(25-5-1)83(59-42-46-61(47-43-59)85-71-38-20-18-36-69(71)79-63-30-12-10-22-54(63)40-50-73(79)85)75-52-77-81(67-34-16-14-32-65(67)75)82-68-35-17-15-33-66(68)76(53-78(82)87(77)58-28-8-3-9-29-58)84(57-26-6-2-7-27-57)60-44-48-62(49-45-60)86-72-39-21-19-37-70(72)80-64-31-13-11-23-55(64)41-51-74(80)86/h1-53H. The first-order chi connectivity index (χ1) is 43.2. The third-order valence-corrected chi connectivity index (χ3v) is 18.1. The lowest BCUT2D eigenvalue weighted by Crippen LogP contribution is -2.11. The summed E-state index contributed by atoms with van der Waals surface area (Å²) in [7, 11) is 0. The molecule has 0 aliphatic rings. The van der Waals surface area contributed by atoms with Gasteiger partial charge >= 0.3 is 0 Å². The number of nitrogens with zero attached hydrogens (tertiary/aromatic N) is 5. The van der Waals surface area contributed by atoms with E-state index in [1.807, 2.05) is 0 Å². The average molecular weight is 1110 g/mol. The molecule has 3 aromatic heterocycles. The van der Waals surface area contributed by atoms with Crippen molar-refractivity contribution in [2.45, 2.75) is 0 Å². The molecule has 0 aliphatic heterocycles. The van der Waals surface area contributed by atoms with E-state index in [0.29, 0.717) is 0 Å². The Kier molecular flexibility index (Phi) is 10.9. The molecule has 0 saturated heterocycles. The predicted molar refractivity (Wildman–Crippen MR) is 369 cm³/mol. The van der Waals surface area contributed by atoms with Gasteiger partial charge in [0.25, 0.3) is 0 Å². The number of aromatic nitrogens is 3. The van der Waals surface area contributed by atoms with Gasteiger partial charge in [-0.25, -0.2) is 0 Å². The Labute approximate surface area is 501 Å². The fourth-order valence-electron chi connectivity index (χ4n) is 14.5. The van der Waals surface area contributed by atoms with Crippen LogP contribution in [0.5, 0.6) is 0 Å². The maximum Gasteiger partial charge on any atom is 0.0568 e. The molecule has 5 nitrogen and oxygen atoms in total. The maximum atomic E-state index is 2.51. The van der Waals surface area contributed by atoms with Gasteiger partial charge in [-0.3, -0.25) is 0 Å². The zero-order valence-electron chi connectivity index (χ0n) is 47.3. The zero-order chi connectivity index (χ0) is 57.1. The second-order valence-electron chi connectivity index (χ2n) is 22.8. The van der Waals surface area contributed by atoms with Crippen molar-refractivity contribution in [3.05, 3.63) is 322 Å². The molecular formula is C82H53N5. The van der Waals surface area contributed by atoms with Gasteiger partial charge in [0.15, 0.2) is 0 Å². The molecule has 0 spiro atoms. The fourth-order valence-corrected chi connectivity index (χ4v) is 14.5. The van der Waals surface area contributed by atoms with Crippen LogP contribution in [0.25, 0.3) is 126 Å².